The second kappa shape index (κ2) is 5.13. The third-order valence-corrected chi connectivity index (χ3v) is 3.63. The van der Waals surface area contributed by atoms with Crippen LogP contribution in [0.25, 0.3) is 0 Å². The lowest BCUT2D eigenvalue weighted by Gasteiger charge is -2.30. The summed E-state index contributed by atoms with van der Waals surface area (Å²) in [7, 11) is 1.86. The summed E-state index contributed by atoms with van der Waals surface area (Å²) in [6, 6.07) is 2.40. The van der Waals surface area contributed by atoms with Gasteiger partial charge in [0, 0.05) is 13.2 Å². The lowest BCUT2D eigenvalue weighted by Crippen LogP contribution is -2.49. The summed E-state index contributed by atoms with van der Waals surface area (Å²) in [5, 5.41) is 12.4. The number of nitrogens with zero attached hydrogens (tertiary/aromatic N) is 1. The predicted molar refractivity (Wildman–Crippen MR) is 59.9 cm³/mol. The predicted octanol–water partition coefficient (Wildman–Crippen LogP) is 1.07. The first-order valence-corrected chi connectivity index (χ1v) is 6.10. The van der Waals surface area contributed by atoms with Gasteiger partial charge in [0.2, 0.25) is 0 Å². The molecule has 16 heavy (non-hydrogen) atoms. The summed E-state index contributed by atoms with van der Waals surface area (Å²) in [6.07, 6.45) is 4.47. The van der Waals surface area contributed by atoms with Gasteiger partial charge in [-0.1, -0.05) is 0 Å². The maximum absolute atomic E-state index is 9.30. The molecule has 1 aliphatic heterocycles. The van der Waals surface area contributed by atoms with Crippen LogP contribution in [-0.2, 0) is 9.47 Å². The molecule has 1 heterocycles. The van der Waals surface area contributed by atoms with Crippen LogP contribution in [0.5, 0.6) is 0 Å². The van der Waals surface area contributed by atoms with E-state index in [-0.39, 0.29) is 6.10 Å². The molecule has 0 radical (unpaired) electrons. The van der Waals surface area contributed by atoms with E-state index in [2.05, 4.69) is 11.4 Å². The zero-order valence-electron chi connectivity index (χ0n) is 9.87. The standard InChI is InChI=1S/C12H20N2O2/c1-14-12(8-13,10-2-3-10)9-16-11-4-6-15-7-5-11/h10-11,14H,2-7,9H2,1H3. The highest BCUT2D eigenvalue weighted by Crippen LogP contribution is 2.39. The van der Waals surface area contributed by atoms with Gasteiger partial charge in [-0.3, -0.25) is 0 Å². The number of likely N-dealkylation sites (N-methyl/N-ethyl adjacent to an activating group) is 1. The largest absolute Gasteiger partial charge is 0.381 e. The summed E-state index contributed by atoms with van der Waals surface area (Å²) < 4.78 is 11.2. The number of nitriles is 1. The number of ether oxygens (including phenoxy) is 2. The van der Waals surface area contributed by atoms with E-state index in [1.807, 2.05) is 7.05 Å². The molecule has 0 aromatic heterocycles. The highest BCUT2D eigenvalue weighted by molar-refractivity contribution is 5.15. The van der Waals surface area contributed by atoms with E-state index in [4.69, 9.17) is 9.47 Å². The van der Waals surface area contributed by atoms with Crippen LogP contribution >= 0.6 is 0 Å². The molecule has 90 valence electrons. The molecular formula is C12H20N2O2. The molecule has 1 saturated carbocycles. The first-order chi connectivity index (χ1) is 7.80. The second-order valence-corrected chi connectivity index (χ2v) is 4.73. The van der Waals surface area contributed by atoms with Gasteiger partial charge in [-0.05, 0) is 38.6 Å². The van der Waals surface area contributed by atoms with Gasteiger partial charge in [0.15, 0.2) is 0 Å². The van der Waals surface area contributed by atoms with Crippen LogP contribution in [-0.4, -0.2) is 38.5 Å². The molecule has 1 aliphatic carbocycles. The second-order valence-electron chi connectivity index (χ2n) is 4.73. The Morgan fingerprint density at radius 3 is 2.56 bits per heavy atom. The van der Waals surface area contributed by atoms with E-state index < -0.39 is 5.54 Å². The number of nitrogens with one attached hydrogen (secondary N) is 1. The molecule has 0 bridgehead atoms. The quantitative estimate of drug-likeness (QED) is 0.759. The van der Waals surface area contributed by atoms with Gasteiger partial charge in [0.25, 0.3) is 0 Å². The van der Waals surface area contributed by atoms with Crippen molar-refractivity contribution in [1.29, 1.82) is 5.26 Å². The van der Waals surface area contributed by atoms with Crippen LogP contribution < -0.4 is 5.32 Å². The van der Waals surface area contributed by atoms with Crippen molar-refractivity contribution in [2.75, 3.05) is 26.9 Å². The van der Waals surface area contributed by atoms with E-state index in [1.54, 1.807) is 0 Å². The fourth-order valence-corrected chi connectivity index (χ4v) is 2.24. The Balaban J connectivity index is 1.83. The molecule has 1 N–H and O–H groups in total. The number of rotatable bonds is 5. The Labute approximate surface area is 96.9 Å². The summed E-state index contributed by atoms with van der Waals surface area (Å²) in [4.78, 5) is 0. The van der Waals surface area contributed by atoms with Crippen LogP contribution in [0.1, 0.15) is 25.7 Å². The van der Waals surface area contributed by atoms with Gasteiger partial charge in [-0.15, -0.1) is 0 Å². The van der Waals surface area contributed by atoms with Crippen LogP contribution in [0.4, 0.5) is 0 Å². The highest BCUT2D eigenvalue weighted by atomic mass is 16.5. The monoisotopic (exact) mass is 224 g/mol. The average Bonchev–Trinajstić information content (AvgIpc) is 3.17. The van der Waals surface area contributed by atoms with Crippen molar-refractivity contribution in [1.82, 2.24) is 5.32 Å². The van der Waals surface area contributed by atoms with Gasteiger partial charge < -0.3 is 14.8 Å². The van der Waals surface area contributed by atoms with Crippen LogP contribution in [0, 0.1) is 17.2 Å². The Kier molecular flexibility index (Phi) is 3.80. The van der Waals surface area contributed by atoms with Crippen molar-refractivity contribution in [3.05, 3.63) is 0 Å². The van der Waals surface area contributed by atoms with Crippen molar-refractivity contribution in [3.63, 3.8) is 0 Å². The maximum Gasteiger partial charge on any atom is 0.132 e. The maximum atomic E-state index is 9.30. The molecule has 0 spiro atoms. The Morgan fingerprint density at radius 1 is 1.38 bits per heavy atom. The van der Waals surface area contributed by atoms with Gasteiger partial charge in [0.05, 0.1) is 18.8 Å². The van der Waals surface area contributed by atoms with E-state index in [1.165, 1.54) is 0 Å². The van der Waals surface area contributed by atoms with Crippen molar-refractivity contribution < 1.29 is 9.47 Å². The molecule has 1 saturated heterocycles. The molecule has 2 aliphatic rings. The minimum atomic E-state index is -0.460. The normalized spacial score (nSPS) is 26.0. The number of hydrogen-bond donors (Lipinski definition) is 1. The molecule has 0 aromatic rings. The van der Waals surface area contributed by atoms with Crippen molar-refractivity contribution in [3.8, 4) is 6.07 Å². The Hall–Kier alpha value is -0.630. The molecule has 0 aromatic carbocycles. The zero-order chi connectivity index (χ0) is 11.4. The fraction of sp³-hybridized carbons (Fsp3) is 0.917. The van der Waals surface area contributed by atoms with Gasteiger partial charge in [0.1, 0.15) is 5.54 Å². The SMILES string of the molecule is CNC(C#N)(COC1CCOCC1)C1CC1. The van der Waals surface area contributed by atoms with Gasteiger partial charge >= 0.3 is 0 Å². The van der Waals surface area contributed by atoms with E-state index >= 15 is 0 Å². The van der Waals surface area contributed by atoms with Crippen molar-refractivity contribution in [2.45, 2.75) is 37.3 Å². The fourth-order valence-electron chi connectivity index (χ4n) is 2.24. The van der Waals surface area contributed by atoms with Crippen molar-refractivity contribution >= 4 is 0 Å². The molecule has 2 rings (SSSR count). The molecule has 0 amide bonds. The lowest BCUT2D eigenvalue weighted by molar-refractivity contribution is -0.0466. The minimum Gasteiger partial charge on any atom is -0.381 e. The first-order valence-electron chi connectivity index (χ1n) is 6.10. The smallest absolute Gasteiger partial charge is 0.132 e. The summed E-state index contributed by atoms with van der Waals surface area (Å²) >= 11 is 0. The average molecular weight is 224 g/mol. The third kappa shape index (κ3) is 2.54. The summed E-state index contributed by atoms with van der Waals surface area (Å²) in [5.74, 6) is 0.474. The van der Waals surface area contributed by atoms with E-state index in [9.17, 15) is 5.26 Å². The molecule has 4 heteroatoms. The lowest BCUT2D eigenvalue weighted by atomic mass is 9.96. The van der Waals surface area contributed by atoms with Gasteiger partial charge in [-0.2, -0.15) is 5.26 Å². The molecule has 1 atom stereocenters. The Bertz CT molecular complexity index is 267. The third-order valence-electron chi connectivity index (χ3n) is 3.63. The van der Waals surface area contributed by atoms with Crippen LogP contribution in [0.3, 0.4) is 0 Å². The van der Waals surface area contributed by atoms with Crippen molar-refractivity contribution in [2.24, 2.45) is 5.92 Å². The van der Waals surface area contributed by atoms with Crippen LogP contribution in [0.15, 0.2) is 0 Å². The van der Waals surface area contributed by atoms with Crippen LogP contribution in [0.2, 0.25) is 0 Å². The summed E-state index contributed by atoms with van der Waals surface area (Å²) in [6.45, 7) is 2.08. The summed E-state index contributed by atoms with van der Waals surface area (Å²) in [5.41, 5.74) is -0.460. The van der Waals surface area contributed by atoms with E-state index in [0.717, 1.165) is 38.9 Å². The van der Waals surface area contributed by atoms with E-state index in [0.29, 0.717) is 12.5 Å². The minimum absolute atomic E-state index is 0.272. The van der Waals surface area contributed by atoms with Gasteiger partial charge in [-0.25, -0.2) is 0 Å². The molecule has 2 fully saturated rings. The molecular weight excluding hydrogens is 204 g/mol. The molecule has 1 unspecified atom stereocenters. The first kappa shape index (κ1) is 11.8. The Morgan fingerprint density at radius 2 is 2.06 bits per heavy atom. The zero-order valence-corrected chi connectivity index (χ0v) is 9.87. The number of hydrogen-bond acceptors (Lipinski definition) is 4. The molecule has 4 nitrogen and oxygen atoms in total. The topological polar surface area (TPSA) is 54.3 Å². The highest BCUT2D eigenvalue weighted by Gasteiger charge is 2.45.